The lowest BCUT2D eigenvalue weighted by Crippen LogP contribution is -2.71. The fourth-order valence-electron chi connectivity index (χ4n) is 2.08. The molecule has 22 heavy (non-hydrogen) atoms. The number of benzene rings is 1. The van der Waals surface area contributed by atoms with Crippen molar-refractivity contribution in [2.45, 2.75) is 12.0 Å². The minimum absolute atomic E-state index is 0.135. The summed E-state index contributed by atoms with van der Waals surface area (Å²) < 4.78 is 0. The molecule has 0 aromatic heterocycles. The minimum atomic E-state index is -2.15. The second kappa shape index (κ2) is 5.64. The van der Waals surface area contributed by atoms with Gasteiger partial charge < -0.3 is 11.1 Å². The van der Waals surface area contributed by atoms with Gasteiger partial charge in [0.15, 0.2) is 0 Å². The van der Waals surface area contributed by atoms with Crippen LogP contribution in [0.15, 0.2) is 30.3 Å². The molecule has 0 aliphatic carbocycles. The maximum Gasteiger partial charge on any atom is 0.328 e. The molecule has 0 bridgehead atoms. The Labute approximate surface area is 124 Å². The quantitative estimate of drug-likeness (QED) is 0.486. The molecule has 1 aliphatic rings. The lowest BCUT2D eigenvalue weighted by Gasteiger charge is -2.34. The monoisotopic (exact) mass is 304 g/mol. The van der Waals surface area contributed by atoms with Gasteiger partial charge in [-0.2, -0.15) is 0 Å². The lowest BCUT2D eigenvalue weighted by molar-refractivity contribution is -0.145. The summed E-state index contributed by atoms with van der Waals surface area (Å²) in [5.74, 6) is -3.89. The highest BCUT2D eigenvalue weighted by atomic mass is 16.2. The van der Waals surface area contributed by atoms with Crippen molar-refractivity contribution < 1.29 is 24.0 Å². The molecule has 0 atom stereocenters. The number of nitrogens with one attached hydrogen (secondary N) is 3. The van der Waals surface area contributed by atoms with Crippen molar-refractivity contribution in [1.82, 2.24) is 16.0 Å². The predicted molar refractivity (Wildman–Crippen MR) is 71.8 cm³/mol. The largest absolute Gasteiger partial charge is 0.369 e. The van der Waals surface area contributed by atoms with Gasteiger partial charge >= 0.3 is 6.03 Å². The molecule has 0 saturated carbocycles. The van der Waals surface area contributed by atoms with Gasteiger partial charge in [0, 0.05) is 0 Å². The number of carbonyl (C=O) groups excluding carboxylic acids is 5. The Morgan fingerprint density at radius 2 is 1.59 bits per heavy atom. The van der Waals surface area contributed by atoms with Gasteiger partial charge in [-0.1, -0.05) is 30.3 Å². The van der Waals surface area contributed by atoms with E-state index < -0.39 is 41.6 Å². The first-order chi connectivity index (χ1) is 10.4. The summed E-state index contributed by atoms with van der Waals surface area (Å²) in [4.78, 5) is 58.3. The second-order valence-corrected chi connectivity index (χ2v) is 4.54. The summed E-state index contributed by atoms with van der Waals surface area (Å²) in [6, 6.07) is 6.61. The molecule has 5 N–H and O–H groups in total. The van der Waals surface area contributed by atoms with Crippen molar-refractivity contribution in [3.05, 3.63) is 35.9 Å². The van der Waals surface area contributed by atoms with Crippen molar-refractivity contribution >= 4 is 29.7 Å². The number of nitrogens with two attached hydrogens (primary N) is 1. The molecule has 2 rings (SSSR count). The highest BCUT2D eigenvalue weighted by Crippen LogP contribution is 2.24. The number of primary amides is 1. The van der Waals surface area contributed by atoms with Gasteiger partial charge in [0.05, 0.1) is 0 Å². The zero-order valence-electron chi connectivity index (χ0n) is 11.2. The summed E-state index contributed by atoms with van der Waals surface area (Å²) in [6.07, 6.45) is -0.705. The molecule has 1 saturated heterocycles. The van der Waals surface area contributed by atoms with Crippen LogP contribution in [0.5, 0.6) is 0 Å². The predicted octanol–water partition coefficient (Wildman–Crippen LogP) is -1.76. The first kappa shape index (κ1) is 15.2. The van der Waals surface area contributed by atoms with Gasteiger partial charge in [0.1, 0.15) is 6.42 Å². The molecule has 1 fully saturated rings. The number of hydrogen-bond acceptors (Lipinski definition) is 5. The number of rotatable bonds is 4. The third-order valence-corrected chi connectivity index (χ3v) is 3.00. The first-order valence-electron chi connectivity index (χ1n) is 6.18. The van der Waals surface area contributed by atoms with Crippen molar-refractivity contribution in [1.29, 1.82) is 0 Å². The first-order valence-corrected chi connectivity index (χ1v) is 6.18. The van der Waals surface area contributed by atoms with Crippen LogP contribution in [0, 0.1) is 0 Å². The van der Waals surface area contributed by atoms with Gasteiger partial charge in [0.25, 0.3) is 11.8 Å². The summed E-state index contributed by atoms with van der Waals surface area (Å²) in [5, 5.41) is 6.02. The maximum atomic E-state index is 12.2. The third-order valence-electron chi connectivity index (χ3n) is 3.00. The fourth-order valence-corrected chi connectivity index (χ4v) is 2.08. The summed E-state index contributed by atoms with van der Waals surface area (Å²) in [7, 11) is 0. The van der Waals surface area contributed by atoms with Crippen LogP contribution >= 0.6 is 0 Å². The number of hydrogen-bond donors (Lipinski definition) is 4. The van der Waals surface area contributed by atoms with Crippen molar-refractivity contribution in [3.8, 4) is 0 Å². The van der Waals surface area contributed by atoms with Gasteiger partial charge in [-0.25, -0.2) is 4.79 Å². The average molecular weight is 304 g/mol. The zero-order chi connectivity index (χ0) is 16.3. The Kier molecular flexibility index (Phi) is 3.89. The molecule has 0 radical (unpaired) electrons. The molecule has 1 aromatic carbocycles. The van der Waals surface area contributed by atoms with Crippen LogP contribution in [0.25, 0.3) is 0 Å². The van der Waals surface area contributed by atoms with Crippen LogP contribution in [-0.2, 0) is 24.7 Å². The van der Waals surface area contributed by atoms with Crippen LogP contribution in [0.2, 0.25) is 0 Å². The molecule has 1 heterocycles. The molecule has 9 nitrogen and oxygen atoms in total. The van der Waals surface area contributed by atoms with E-state index in [0.717, 1.165) is 0 Å². The summed E-state index contributed by atoms with van der Waals surface area (Å²) in [6.45, 7) is 0. The van der Waals surface area contributed by atoms with Crippen molar-refractivity contribution in [2.24, 2.45) is 5.73 Å². The number of amides is 6. The van der Waals surface area contributed by atoms with E-state index in [4.69, 9.17) is 5.73 Å². The Hall–Kier alpha value is -3.23. The SMILES string of the molecule is NC(=O)CC(=O)NC1(c2ccccc2)C(=O)NC(=O)NC1=O. The minimum Gasteiger partial charge on any atom is -0.369 e. The normalized spacial score (nSPS) is 16.5. The molecule has 1 aliphatic heterocycles. The maximum absolute atomic E-state index is 12.2. The molecule has 6 amide bonds. The van der Waals surface area contributed by atoms with Crippen LogP contribution in [0.1, 0.15) is 12.0 Å². The standard InChI is InChI=1S/C13H12N4O5/c14-8(18)6-9(19)17-13(7-4-2-1-3-5-7)10(20)15-12(22)16-11(13)21/h1-5H,6H2,(H2,14,18)(H,17,19)(H2,15,16,20,21,22). The number of barbiturate groups is 1. The third kappa shape index (κ3) is 2.64. The Morgan fingerprint density at radius 1 is 1.05 bits per heavy atom. The van der Waals surface area contributed by atoms with Crippen LogP contribution in [-0.4, -0.2) is 29.7 Å². The van der Waals surface area contributed by atoms with E-state index >= 15 is 0 Å². The summed E-state index contributed by atoms with van der Waals surface area (Å²) in [5.41, 5.74) is 2.90. The van der Waals surface area contributed by atoms with Crippen molar-refractivity contribution in [2.75, 3.05) is 0 Å². The average Bonchev–Trinajstić information content (AvgIpc) is 2.43. The second-order valence-electron chi connectivity index (χ2n) is 4.54. The molecule has 0 unspecified atom stereocenters. The Balaban J connectivity index is 2.47. The topological polar surface area (TPSA) is 147 Å². The van der Waals surface area contributed by atoms with Crippen LogP contribution < -0.4 is 21.7 Å². The smallest absolute Gasteiger partial charge is 0.328 e. The summed E-state index contributed by atoms with van der Waals surface area (Å²) >= 11 is 0. The number of carbonyl (C=O) groups is 5. The van der Waals surface area contributed by atoms with Gasteiger partial charge in [-0.3, -0.25) is 29.8 Å². The number of urea groups is 1. The molecule has 0 spiro atoms. The Bertz CT molecular complexity index is 650. The van der Waals surface area contributed by atoms with E-state index in [1.165, 1.54) is 12.1 Å². The van der Waals surface area contributed by atoms with E-state index in [2.05, 4.69) is 5.32 Å². The van der Waals surface area contributed by atoms with Gasteiger partial charge in [0.2, 0.25) is 17.4 Å². The Morgan fingerprint density at radius 3 is 2.09 bits per heavy atom. The molecular formula is C13H12N4O5. The van der Waals surface area contributed by atoms with E-state index in [0.29, 0.717) is 0 Å². The van der Waals surface area contributed by atoms with E-state index in [-0.39, 0.29) is 5.56 Å². The zero-order valence-corrected chi connectivity index (χ0v) is 11.2. The lowest BCUT2D eigenvalue weighted by atomic mass is 9.86. The highest BCUT2D eigenvalue weighted by molar-refractivity contribution is 6.24. The van der Waals surface area contributed by atoms with Crippen LogP contribution in [0.3, 0.4) is 0 Å². The molecule has 114 valence electrons. The fraction of sp³-hybridized carbons (Fsp3) is 0.154. The van der Waals surface area contributed by atoms with Crippen LogP contribution in [0.4, 0.5) is 4.79 Å². The van der Waals surface area contributed by atoms with Gasteiger partial charge in [-0.15, -0.1) is 0 Å². The van der Waals surface area contributed by atoms with E-state index in [1.54, 1.807) is 18.2 Å². The molecular weight excluding hydrogens is 292 g/mol. The van der Waals surface area contributed by atoms with Gasteiger partial charge in [-0.05, 0) is 5.56 Å². The number of imide groups is 2. The molecule has 1 aromatic rings. The van der Waals surface area contributed by atoms with E-state index in [9.17, 15) is 24.0 Å². The van der Waals surface area contributed by atoms with Crippen molar-refractivity contribution in [3.63, 3.8) is 0 Å². The molecule has 9 heteroatoms. The van der Waals surface area contributed by atoms with E-state index in [1.807, 2.05) is 10.6 Å². The highest BCUT2D eigenvalue weighted by Gasteiger charge is 2.53.